The average molecular weight is 280 g/mol. The number of nitrogens with one attached hydrogen (secondary N) is 1. The van der Waals surface area contributed by atoms with Crippen molar-refractivity contribution < 1.29 is 13.7 Å². The number of anilines is 1. The van der Waals surface area contributed by atoms with E-state index in [2.05, 4.69) is 10.3 Å². The van der Waals surface area contributed by atoms with E-state index in [9.17, 15) is 4.39 Å². The molecule has 1 aromatic heterocycles. The lowest BCUT2D eigenvalue weighted by Gasteiger charge is -2.32. The van der Waals surface area contributed by atoms with E-state index in [1.54, 1.807) is 6.07 Å². The highest BCUT2D eigenvalue weighted by Gasteiger charge is 2.52. The molecule has 0 aromatic carbocycles. The van der Waals surface area contributed by atoms with Gasteiger partial charge >= 0.3 is 7.12 Å². The third-order valence-corrected chi connectivity index (χ3v) is 3.94. The molecule has 0 unspecified atom stereocenters. The maximum absolute atomic E-state index is 13.3. The average Bonchev–Trinajstić information content (AvgIpc) is 2.55. The molecule has 110 valence electrons. The van der Waals surface area contributed by atoms with Gasteiger partial charge in [-0.15, -0.1) is 0 Å². The Morgan fingerprint density at radius 1 is 1.20 bits per heavy atom. The maximum Gasteiger partial charge on any atom is 0.498 e. The Bertz CT molecular complexity index is 478. The summed E-state index contributed by atoms with van der Waals surface area (Å²) in [7, 11) is -0.535. The zero-order valence-electron chi connectivity index (χ0n) is 12.8. The van der Waals surface area contributed by atoms with E-state index in [0.29, 0.717) is 5.82 Å². The molecule has 1 saturated heterocycles. The fraction of sp³-hybridized carbons (Fsp3) is 0.643. The highest BCUT2D eigenvalue weighted by molar-refractivity contribution is 6.63. The van der Waals surface area contributed by atoms with Crippen LogP contribution in [0.15, 0.2) is 12.1 Å². The zero-order chi connectivity index (χ0) is 15.0. The molecule has 0 radical (unpaired) electrons. The maximum atomic E-state index is 13.3. The SMILES string of the molecule is CCCNc1nc(F)ccc1B1OC(C)(C)C(C)(C)O1. The van der Waals surface area contributed by atoms with Crippen molar-refractivity contribution >= 4 is 18.4 Å². The summed E-state index contributed by atoms with van der Waals surface area (Å²) in [4.78, 5) is 3.91. The molecule has 0 saturated carbocycles. The van der Waals surface area contributed by atoms with Crippen LogP contribution in [-0.4, -0.2) is 29.8 Å². The number of aromatic nitrogens is 1. The molecule has 1 N–H and O–H groups in total. The molecular weight excluding hydrogens is 258 g/mol. The third kappa shape index (κ3) is 2.81. The van der Waals surface area contributed by atoms with Crippen LogP contribution in [0, 0.1) is 5.95 Å². The summed E-state index contributed by atoms with van der Waals surface area (Å²) in [5.41, 5.74) is -0.110. The third-order valence-electron chi connectivity index (χ3n) is 3.94. The van der Waals surface area contributed by atoms with Gasteiger partial charge in [-0.25, -0.2) is 4.98 Å². The number of nitrogens with zero attached hydrogens (tertiary/aromatic N) is 1. The first kappa shape index (κ1) is 15.3. The van der Waals surface area contributed by atoms with E-state index in [-0.39, 0.29) is 0 Å². The lowest BCUT2D eigenvalue weighted by Crippen LogP contribution is -2.41. The lowest BCUT2D eigenvalue weighted by atomic mass is 9.79. The molecule has 0 aliphatic carbocycles. The Hall–Kier alpha value is -1.14. The minimum absolute atomic E-state index is 0.423. The van der Waals surface area contributed by atoms with Crippen LogP contribution >= 0.6 is 0 Å². The van der Waals surface area contributed by atoms with Crippen LogP contribution < -0.4 is 10.8 Å². The Kier molecular flexibility index (Phi) is 4.07. The molecule has 20 heavy (non-hydrogen) atoms. The number of halogens is 1. The second-order valence-corrected chi connectivity index (χ2v) is 6.09. The summed E-state index contributed by atoms with van der Waals surface area (Å²) < 4.78 is 25.3. The van der Waals surface area contributed by atoms with Crippen molar-refractivity contribution in [2.75, 3.05) is 11.9 Å². The molecule has 4 nitrogen and oxygen atoms in total. The van der Waals surface area contributed by atoms with Crippen LogP contribution in [0.2, 0.25) is 0 Å². The van der Waals surface area contributed by atoms with Gasteiger partial charge < -0.3 is 14.6 Å². The molecule has 1 aliphatic rings. The minimum atomic E-state index is -0.535. The zero-order valence-corrected chi connectivity index (χ0v) is 12.8. The molecular formula is C14H22BFN2O2. The van der Waals surface area contributed by atoms with E-state index in [4.69, 9.17) is 9.31 Å². The fourth-order valence-electron chi connectivity index (χ4n) is 1.99. The molecule has 2 rings (SSSR count). The molecule has 2 heterocycles. The summed E-state index contributed by atoms with van der Waals surface area (Å²) in [6, 6.07) is 3.00. The monoisotopic (exact) mass is 280 g/mol. The summed E-state index contributed by atoms with van der Waals surface area (Å²) in [6.07, 6.45) is 0.932. The van der Waals surface area contributed by atoms with Gasteiger partial charge in [-0.2, -0.15) is 4.39 Å². The largest absolute Gasteiger partial charge is 0.498 e. The summed E-state index contributed by atoms with van der Waals surface area (Å²) in [5, 5.41) is 3.12. The van der Waals surface area contributed by atoms with Crippen molar-refractivity contribution in [2.24, 2.45) is 0 Å². The Morgan fingerprint density at radius 3 is 2.35 bits per heavy atom. The van der Waals surface area contributed by atoms with E-state index in [1.807, 2.05) is 34.6 Å². The van der Waals surface area contributed by atoms with Gasteiger partial charge in [0.1, 0.15) is 5.82 Å². The summed E-state index contributed by atoms with van der Waals surface area (Å²) in [5.74, 6) is -0.0192. The van der Waals surface area contributed by atoms with Crippen LogP contribution in [0.25, 0.3) is 0 Å². The van der Waals surface area contributed by atoms with Gasteiger partial charge in [-0.3, -0.25) is 0 Å². The Balaban J connectivity index is 2.29. The Labute approximate surface area is 120 Å². The van der Waals surface area contributed by atoms with Gasteiger partial charge in [-0.05, 0) is 40.2 Å². The van der Waals surface area contributed by atoms with Crippen molar-refractivity contribution in [3.05, 3.63) is 18.1 Å². The second kappa shape index (κ2) is 5.33. The second-order valence-electron chi connectivity index (χ2n) is 6.09. The molecule has 0 bridgehead atoms. The number of pyridine rings is 1. The molecule has 6 heteroatoms. The van der Waals surface area contributed by atoms with Crippen LogP contribution in [0.1, 0.15) is 41.0 Å². The predicted molar refractivity (Wildman–Crippen MR) is 78.7 cm³/mol. The van der Waals surface area contributed by atoms with Crippen molar-refractivity contribution in [1.29, 1.82) is 0 Å². The van der Waals surface area contributed by atoms with Gasteiger partial charge in [-0.1, -0.05) is 13.0 Å². The summed E-state index contributed by atoms with van der Waals surface area (Å²) in [6.45, 7) is 10.7. The summed E-state index contributed by atoms with van der Waals surface area (Å²) >= 11 is 0. The molecule has 0 spiro atoms. The molecule has 1 aliphatic heterocycles. The molecule has 1 aromatic rings. The normalized spacial score (nSPS) is 20.2. The fourth-order valence-corrected chi connectivity index (χ4v) is 1.99. The number of hydrogen-bond acceptors (Lipinski definition) is 4. The van der Waals surface area contributed by atoms with Crippen molar-refractivity contribution in [2.45, 2.75) is 52.2 Å². The number of hydrogen-bond donors (Lipinski definition) is 1. The van der Waals surface area contributed by atoms with Crippen molar-refractivity contribution in [3.63, 3.8) is 0 Å². The minimum Gasteiger partial charge on any atom is -0.399 e. The van der Waals surface area contributed by atoms with Crippen molar-refractivity contribution in [1.82, 2.24) is 4.98 Å². The Morgan fingerprint density at radius 2 is 1.80 bits per heavy atom. The van der Waals surface area contributed by atoms with Crippen LogP contribution in [0.5, 0.6) is 0 Å². The van der Waals surface area contributed by atoms with Gasteiger partial charge in [0.2, 0.25) is 5.95 Å². The van der Waals surface area contributed by atoms with Crippen molar-refractivity contribution in [3.8, 4) is 0 Å². The van der Waals surface area contributed by atoms with E-state index < -0.39 is 24.3 Å². The highest BCUT2D eigenvalue weighted by atomic mass is 19.1. The first-order valence-electron chi connectivity index (χ1n) is 7.03. The molecule has 0 atom stereocenters. The van der Waals surface area contributed by atoms with Crippen LogP contribution in [-0.2, 0) is 9.31 Å². The topological polar surface area (TPSA) is 43.4 Å². The predicted octanol–water partition coefficient (Wildman–Crippen LogP) is 2.34. The van der Waals surface area contributed by atoms with E-state index >= 15 is 0 Å². The van der Waals surface area contributed by atoms with Gasteiger partial charge in [0.25, 0.3) is 0 Å². The standard InChI is InChI=1S/C14H22BFN2O2/c1-6-9-17-12-10(7-8-11(16)18-12)15-19-13(2,3)14(4,5)20-15/h7-8H,6,9H2,1-5H3,(H,17,18). The highest BCUT2D eigenvalue weighted by Crippen LogP contribution is 2.36. The smallest absolute Gasteiger partial charge is 0.399 e. The molecule has 1 fully saturated rings. The van der Waals surface area contributed by atoms with Gasteiger partial charge in [0.05, 0.1) is 11.2 Å². The van der Waals surface area contributed by atoms with E-state index in [0.717, 1.165) is 18.4 Å². The first-order chi connectivity index (χ1) is 9.27. The van der Waals surface area contributed by atoms with Crippen LogP contribution in [0.4, 0.5) is 10.2 Å². The number of rotatable bonds is 4. The van der Waals surface area contributed by atoms with Gasteiger partial charge in [0, 0.05) is 12.0 Å². The first-order valence-corrected chi connectivity index (χ1v) is 7.03. The quantitative estimate of drug-likeness (QED) is 0.679. The lowest BCUT2D eigenvalue weighted by molar-refractivity contribution is 0.00578. The van der Waals surface area contributed by atoms with Crippen LogP contribution in [0.3, 0.4) is 0 Å². The van der Waals surface area contributed by atoms with Gasteiger partial charge in [0.15, 0.2) is 0 Å². The van der Waals surface area contributed by atoms with E-state index in [1.165, 1.54) is 6.07 Å². The molecule has 0 amide bonds.